The van der Waals surface area contributed by atoms with E-state index in [1.165, 1.54) is 4.31 Å². The Kier molecular flexibility index (Phi) is 5.91. The van der Waals surface area contributed by atoms with Crippen molar-refractivity contribution < 1.29 is 17.8 Å². The highest BCUT2D eigenvalue weighted by atomic mass is 79.9. The van der Waals surface area contributed by atoms with E-state index in [1.54, 1.807) is 4.67 Å². The first-order valence-electron chi connectivity index (χ1n) is 13.8. The lowest BCUT2D eigenvalue weighted by Crippen LogP contribution is -2.46. The number of rotatable bonds is 5. The van der Waals surface area contributed by atoms with Crippen LogP contribution in [0.15, 0.2) is 89.4 Å². The molecule has 2 saturated carbocycles. The second-order valence-corrected chi connectivity index (χ2v) is 17.7. The van der Waals surface area contributed by atoms with Crippen LogP contribution >= 0.6 is 23.2 Å². The molecule has 6 atom stereocenters. The Balaban J connectivity index is 1.37. The Morgan fingerprint density at radius 3 is 2.15 bits per heavy atom. The van der Waals surface area contributed by atoms with Gasteiger partial charge in [0, 0.05) is 20.5 Å². The molecule has 2 bridgehead atoms. The summed E-state index contributed by atoms with van der Waals surface area (Å²) in [5.74, 6) is -0.0232. The van der Waals surface area contributed by atoms with Crippen molar-refractivity contribution in [3.63, 3.8) is 0 Å². The fourth-order valence-corrected chi connectivity index (χ4v) is 14.3. The molecule has 1 amide bonds. The second kappa shape index (κ2) is 8.87. The number of hydrogen-bond donors (Lipinski definition) is 0. The molecule has 0 aromatic heterocycles. The van der Waals surface area contributed by atoms with E-state index < -0.39 is 40.7 Å². The van der Waals surface area contributed by atoms with Gasteiger partial charge in [-0.25, -0.2) is 17.4 Å². The van der Waals surface area contributed by atoms with E-state index >= 15 is 4.57 Å². The molecule has 2 heterocycles. The highest BCUT2D eigenvalue weighted by Crippen LogP contribution is 2.71. The molecule has 7 rings (SSSR count). The normalized spacial score (nSPS) is 33.1. The Labute approximate surface area is 244 Å². The van der Waals surface area contributed by atoms with Crippen molar-refractivity contribution in [2.24, 2.45) is 16.7 Å². The fraction of sp³-hybridized carbons (Fsp3) is 0.387. The molecule has 40 heavy (non-hydrogen) atoms. The van der Waals surface area contributed by atoms with Crippen molar-refractivity contribution in [1.82, 2.24) is 8.98 Å². The summed E-state index contributed by atoms with van der Waals surface area (Å²) in [7, 11) is -7.33. The van der Waals surface area contributed by atoms with Gasteiger partial charge in [0.25, 0.3) is 5.91 Å². The van der Waals surface area contributed by atoms with E-state index in [1.807, 2.05) is 84.9 Å². The highest BCUT2D eigenvalue weighted by molar-refractivity contribution is 9.10. The van der Waals surface area contributed by atoms with E-state index in [4.69, 9.17) is 0 Å². The molecule has 1 unspecified atom stereocenters. The lowest BCUT2D eigenvalue weighted by atomic mass is 9.69. The molecule has 4 aliphatic rings. The number of halogens is 1. The third kappa shape index (κ3) is 3.52. The van der Waals surface area contributed by atoms with Crippen LogP contribution in [0.3, 0.4) is 0 Å². The van der Waals surface area contributed by atoms with Gasteiger partial charge in [-0.1, -0.05) is 78.3 Å². The van der Waals surface area contributed by atoms with E-state index in [9.17, 15) is 13.2 Å². The zero-order chi connectivity index (χ0) is 28.1. The van der Waals surface area contributed by atoms with Crippen LogP contribution in [0.2, 0.25) is 0 Å². The molecule has 9 heteroatoms. The minimum atomic E-state index is -3.82. The molecule has 0 N–H and O–H groups in total. The lowest BCUT2D eigenvalue weighted by molar-refractivity contribution is -0.129. The van der Waals surface area contributed by atoms with Crippen LogP contribution in [-0.2, 0) is 19.4 Å². The summed E-state index contributed by atoms with van der Waals surface area (Å²) in [6, 6.07) is 24.5. The number of hydrogen-bond acceptors (Lipinski definition) is 4. The molecule has 0 radical (unpaired) electrons. The van der Waals surface area contributed by atoms with Gasteiger partial charge in [0.05, 0.1) is 17.8 Å². The predicted molar refractivity (Wildman–Crippen MR) is 160 cm³/mol. The summed E-state index contributed by atoms with van der Waals surface area (Å²) >= 11 is 3.55. The van der Waals surface area contributed by atoms with Crippen molar-refractivity contribution >= 4 is 49.8 Å². The van der Waals surface area contributed by atoms with Gasteiger partial charge in [0.15, 0.2) is 0 Å². The van der Waals surface area contributed by atoms with Crippen LogP contribution in [0.1, 0.15) is 44.7 Å². The molecule has 3 aromatic carbocycles. The zero-order valence-corrected chi connectivity index (χ0v) is 25.8. The number of nitrogens with zero attached hydrogens (tertiary/aromatic N) is 2. The van der Waals surface area contributed by atoms with E-state index in [0.717, 1.165) is 22.9 Å². The third-order valence-electron chi connectivity index (χ3n) is 10.4. The first-order chi connectivity index (χ1) is 19.0. The molecule has 208 valence electrons. The second-order valence-electron chi connectivity index (χ2n) is 12.3. The summed E-state index contributed by atoms with van der Waals surface area (Å²) in [6.45, 7) is 4.36. The molecular formula is C31H32BrN2O4PS. The quantitative estimate of drug-likeness (QED) is 0.274. The maximum Gasteiger partial charge on any atom is 0.256 e. The molecule has 4 fully saturated rings. The largest absolute Gasteiger partial charge is 0.296 e. The fourth-order valence-electron chi connectivity index (χ4n) is 8.23. The van der Waals surface area contributed by atoms with Crippen LogP contribution < -0.4 is 10.6 Å². The molecule has 2 saturated heterocycles. The Bertz CT molecular complexity index is 1620. The van der Waals surface area contributed by atoms with Gasteiger partial charge < -0.3 is 0 Å². The predicted octanol–water partition coefficient (Wildman–Crippen LogP) is 5.47. The maximum atomic E-state index is 15.4. The van der Waals surface area contributed by atoms with Crippen molar-refractivity contribution in [1.29, 1.82) is 0 Å². The number of carbonyl (C=O) groups excluding carboxylic acids is 1. The smallest absolute Gasteiger partial charge is 0.256 e. The highest BCUT2D eigenvalue weighted by Gasteiger charge is 2.74. The Morgan fingerprint density at radius 1 is 0.950 bits per heavy atom. The number of fused-ring (bicyclic) bond motifs is 1. The summed E-state index contributed by atoms with van der Waals surface area (Å²) in [5.41, 5.74) is 0.273. The van der Waals surface area contributed by atoms with Gasteiger partial charge in [-0.05, 0) is 72.6 Å². The zero-order valence-electron chi connectivity index (χ0n) is 22.5. The van der Waals surface area contributed by atoms with Crippen LogP contribution in [0.5, 0.6) is 0 Å². The molecular weight excluding hydrogens is 607 g/mol. The van der Waals surface area contributed by atoms with Gasteiger partial charge >= 0.3 is 0 Å². The monoisotopic (exact) mass is 638 g/mol. The Hall–Kier alpha value is -2.25. The molecule has 2 aliphatic heterocycles. The number of amides is 1. The number of carbonyl (C=O) groups is 1. The van der Waals surface area contributed by atoms with E-state index in [-0.39, 0.29) is 17.2 Å². The van der Waals surface area contributed by atoms with Crippen LogP contribution in [0, 0.1) is 16.7 Å². The number of sulfonamides is 1. The number of benzene rings is 3. The first-order valence-corrected chi connectivity index (χ1v) is 17.9. The van der Waals surface area contributed by atoms with Crippen molar-refractivity contribution in [2.45, 2.75) is 51.2 Å². The molecule has 6 nitrogen and oxygen atoms in total. The van der Waals surface area contributed by atoms with Crippen LogP contribution in [-0.4, -0.2) is 41.1 Å². The first kappa shape index (κ1) is 26.6. The SMILES string of the molecule is CC1(C)[C@H]2CC[C@@]13CS(=O)(=O)N(C(=O)[C@@H]1[C@H](c4cccc(Br)c4)N1P(=O)(c1ccccc1)c1ccccc1)[C@H]3C2. The van der Waals surface area contributed by atoms with Crippen molar-refractivity contribution in [3.8, 4) is 0 Å². The topological polar surface area (TPSA) is 74.5 Å². The van der Waals surface area contributed by atoms with Crippen LogP contribution in [0.25, 0.3) is 0 Å². The maximum absolute atomic E-state index is 15.4. The summed E-state index contributed by atoms with van der Waals surface area (Å²) in [5, 5.41) is 1.25. The third-order valence-corrected chi connectivity index (χ3v) is 15.9. The van der Waals surface area contributed by atoms with E-state index in [0.29, 0.717) is 22.9 Å². The Morgan fingerprint density at radius 2 is 1.57 bits per heavy atom. The standard InChI is InChI=1S/C31H32BrN2O4PS/c1-30(2)22-16-17-31(30)20-40(37,38)34(26(31)19-22)29(35)28-27(21-10-9-11-23(32)18-21)33(28)39(36,24-12-5-3-6-13-24)25-14-7-4-8-15-25/h3-15,18,22,26-28H,16-17,19-20H2,1-2H3/t22-,26-,27-,28-,31-,33?/m0/s1. The molecule has 1 spiro atoms. The van der Waals surface area contributed by atoms with Crippen molar-refractivity contribution in [3.05, 3.63) is 95.0 Å². The summed E-state index contributed by atoms with van der Waals surface area (Å²) < 4.78 is 46.9. The lowest BCUT2D eigenvalue weighted by Gasteiger charge is -2.37. The average molecular weight is 640 g/mol. The molecule has 2 aliphatic carbocycles. The van der Waals surface area contributed by atoms with Gasteiger partial charge in [-0.15, -0.1) is 0 Å². The van der Waals surface area contributed by atoms with Gasteiger partial charge in [-0.2, -0.15) is 0 Å². The van der Waals surface area contributed by atoms with Gasteiger partial charge in [-0.3, -0.25) is 9.36 Å². The minimum absolute atomic E-state index is 0.0171. The summed E-state index contributed by atoms with van der Waals surface area (Å²) in [4.78, 5) is 14.6. The van der Waals surface area contributed by atoms with Crippen molar-refractivity contribution in [2.75, 3.05) is 5.75 Å². The minimum Gasteiger partial charge on any atom is -0.296 e. The molecule has 3 aromatic rings. The van der Waals surface area contributed by atoms with Crippen LogP contribution in [0.4, 0.5) is 0 Å². The summed E-state index contributed by atoms with van der Waals surface area (Å²) in [6.07, 6.45) is 2.55. The van der Waals surface area contributed by atoms with E-state index in [2.05, 4.69) is 29.8 Å². The average Bonchev–Trinajstić information content (AvgIpc) is 3.53. The van der Waals surface area contributed by atoms with Gasteiger partial charge in [0.2, 0.25) is 17.3 Å². The van der Waals surface area contributed by atoms with Gasteiger partial charge in [0.1, 0.15) is 6.04 Å².